The molecule has 2 unspecified atom stereocenters. The van der Waals surface area contributed by atoms with E-state index in [-0.39, 0.29) is 17.7 Å². The largest absolute Gasteiger partial charge is 0.491 e. The Morgan fingerprint density at radius 2 is 2.14 bits per heavy atom. The topological polar surface area (TPSA) is 44.5 Å². The standard InChI is InChI=1S/C17H24ClNO2/c1-12(19)15-10-13(18)4-5-16(15)20-11-14-6-9-17(21-14)7-2-3-8-17/h4-5,10,12,14H,2-3,6-9,11,19H2,1H3. The molecule has 21 heavy (non-hydrogen) atoms. The number of halogens is 1. The highest BCUT2D eigenvalue weighted by Crippen LogP contribution is 2.43. The molecule has 2 atom stereocenters. The van der Waals surface area contributed by atoms with Crippen LogP contribution in [0, 0.1) is 0 Å². The lowest BCUT2D eigenvalue weighted by Gasteiger charge is -2.24. The second kappa shape index (κ2) is 6.15. The maximum absolute atomic E-state index is 6.27. The molecule has 1 aromatic carbocycles. The maximum Gasteiger partial charge on any atom is 0.124 e. The molecule has 3 rings (SSSR count). The summed E-state index contributed by atoms with van der Waals surface area (Å²) in [5.74, 6) is 0.824. The Bertz CT molecular complexity index is 498. The summed E-state index contributed by atoms with van der Waals surface area (Å²) in [6.45, 7) is 2.54. The second-order valence-electron chi connectivity index (χ2n) is 6.45. The number of rotatable bonds is 4. The monoisotopic (exact) mass is 309 g/mol. The van der Waals surface area contributed by atoms with E-state index < -0.39 is 0 Å². The first-order chi connectivity index (χ1) is 10.1. The van der Waals surface area contributed by atoms with Gasteiger partial charge in [0, 0.05) is 16.6 Å². The van der Waals surface area contributed by atoms with Crippen LogP contribution in [0.5, 0.6) is 5.75 Å². The number of nitrogens with two attached hydrogens (primary N) is 1. The average Bonchev–Trinajstić information content (AvgIpc) is 3.08. The van der Waals surface area contributed by atoms with Gasteiger partial charge in [-0.25, -0.2) is 0 Å². The fraction of sp³-hybridized carbons (Fsp3) is 0.647. The zero-order valence-corrected chi connectivity index (χ0v) is 13.4. The molecule has 2 N–H and O–H groups in total. The molecular formula is C17H24ClNO2. The fourth-order valence-electron chi connectivity index (χ4n) is 3.59. The van der Waals surface area contributed by atoms with Crippen LogP contribution in [-0.4, -0.2) is 18.3 Å². The molecule has 0 bridgehead atoms. The quantitative estimate of drug-likeness (QED) is 0.905. The van der Waals surface area contributed by atoms with Crippen molar-refractivity contribution < 1.29 is 9.47 Å². The summed E-state index contributed by atoms with van der Waals surface area (Å²) in [6, 6.07) is 5.54. The van der Waals surface area contributed by atoms with Crippen LogP contribution >= 0.6 is 11.6 Å². The van der Waals surface area contributed by atoms with Crippen molar-refractivity contribution in [1.29, 1.82) is 0 Å². The smallest absolute Gasteiger partial charge is 0.124 e. The Hall–Kier alpha value is -0.770. The van der Waals surface area contributed by atoms with Crippen molar-refractivity contribution in [3.63, 3.8) is 0 Å². The minimum absolute atomic E-state index is 0.0932. The van der Waals surface area contributed by atoms with E-state index in [1.807, 2.05) is 25.1 Å². The van der Waals surface area contributed by atoms with E-state index in [4.69, 9.17) is 26.8 Å². The average molecular weight is 310 g/mol. The zero-order valence-electron chi connectivity index (χ0n) is 12.6. The predicted octanol–water partition coefficient (Wildman–Crippen LogP) is 4.23. The minimum atomic E-state index is -0.0932. The van der Waals surface area contributed by atoms with Crippen LogP contribution in [0.25, 0.3) is 0 Å². The fourth-order valence-corrected chi connectivity index (χ4v) is 3.77. The molecule has 2 aliphatic rings. The zero-order chi connectivity index (χ0) is 14.9. The first-order valence-electron chi connectivity index (χ1n) is 7.94. The third-order valence-electron chi connectivity index (χ3n) is 4.74. The maximum atomic E-state index is 6.27. The van der Waals surface area contributed by atoms with Crippen molar-refractivity contribution >= 4 is 11.6 Å². The number of hydrogen-bond acceptors (Lipinski definition) is 3. The molecule has 2 fully saturated rings. The molecule has 1 saturated carbocycles. The van der Waals surface area contributed by atoms with Crippen LogP contribution < -0.4 is 10.5 Å². The molecule has 1 aliphatic heterocycles. The third-order valence-corrected chi connectivity index (χ3v) is 4.98. The highest BCUT2D eigenvalue weighted by molar-refractivity contribution is 6.30. The lowest BCUT2D eigenvalue weighted by molar-refractivity contribution is -0.0509. The molecule has 1 aliphatic carbocycles. The van der Waals surface area contributed by atoms with Crippen molar-refractivity contribution in [3.05, 3.63) is 28.8 Å². The van der Waals surface area contributed by atoms with Gasteiger partial charge in [0.1, 0.15) is 12.4 Å². The lowest BCUT2D eigenvalue weighted by Crippen LogP contribution is -2.27. The summed E-state index contributed by atoms with van der Waals surface area (Å²) < 4.78 is 12.2. The van der Waals surface area contributed by atoms with Gasteiger partial charge in [0.2, 0.25) is 0 Å². The van der Waals surface area contributed by atoms with Crippen LogP contribution in [0.1, 0.15) is 57.1 Å². The Kier molecular flexibility index (Phi) is 4.43. The number of ether oxygens (including phenoxy) is 2. The predicted molar refractivity (Wildman–Crippen MR) is 84.9 cm³/mol. The van der Waals surface area contributed by atoms with E-state index in [1.165, 1.54) is 32.1 Å². The first kappa shape index (κ1) is 15.1. The van der Waals surface area contributed by atoms with Crippen LogP contribution in [0.3, 0.4) is 0 Å². The van der Waals surface area contributed by atoms with Gasteiger partial charge in [-0.3, -0.25) is 0 Å². The molecule has 1 spiro atoms. The van der Waals surface area contributed by atoms with Gasteiger partial charge in [0.05, 0.1) is 11.7 Å². The highest BCUT2D eigenvalue weighted by atomic mass is 35.5. The summed E-state index contributed by atoms with van der Waals surface area (Å²) >= 11 is 6.03. The van der Waals surface area contributed by atoms with Crippen molar-refractivity contribution in [2.24, 2.45) is 5.73 Å². The van der Waals surface area contributed by atoms with Crippen LogP contribution in [-0.2, 0) is 4.74 Å². The molecule has 4 heteroatoms. The van der Waals surface area contributed by atoms with E-state index in [0.29, 0.717) is 11.6 Å². The van der Waals surface area contributed by atoms with Crippen LogP contribution in [0.2, 0.25) is 5.02 Å². The summed E-state index contributed by atoms with van der Waals surface area (Å²) in [5.41, 5.74) is 7.11. The van der Waals surface area contributed by atoms with Gasteiger partial charge in [-0.1, -0.05) is 24.4 Å². The Balaban J connectivity index is 1.61. The third kappa shape index (κ3) is 3.36. The van der Waals surface area contributed by atoms with Gasteiger partial charge in [0.25, 0.3) is 0 Å². The molecule has 0 amide bonds. The molecule has 1 aromatic rings. The Morgan fingerprint density at radius 3 is 2.86 bits per heavy atom. The van der Waals surface area contributed by atoms with Gasteiger partial charge in [0.15, 0.2) is 0 Å². The summed E-state index contributed by atoms with van der Waals surface area (Å²) in [6.07, 6.45) is 7.53. The Labute approximate surface area is 131 Å². The van der Waals surface area contributed by atoms with Gasteiger partial charge < -0.3 is 15.2 Å². The van der Waals surface area contributed by atoms with Crippen molar-refractivity contribution in [1.82, 2.24) is 0 Å². The van der Waals surface area contributed by atoms with Gasteiger partial charge in [-0.2, -0.15) is 0 Å². The van der Waals surface area contributed by atoms with Crippen LogP contribution in [0.4, 0.5) is 0 Å². The molecule has 116 valence electrons. The van der Waals surface area contributed by atoms with Gasteiger partial charge in [-0.15, -0.1) is 0 Å². The highest BCUT2D eigenvalue weighted by Gasteiger charge is 2.42. The van der Waals surface area contributed by atoms with Crippen molar-refractivity contribution in [2.45, 2.75) is 63.2 Å². The molecule has 1 saturated heterocycles. The molecule has 3 nitrogen and oxygen atoms in total. The van der Waals surface area contributed by atoms with Crippen LogP contribution in [0.15, 0.2) is 18.2 Å². The number of benzene rings is 1. The van der Waals surface area contributed by atoms with E-state index >= 15 is 0 Å². The number of hydrogen-bond donors (Lipinski definition) is 1. The van der Waals surface area contributed by atoms with E-state index in [9.17, 15) is 0 Å². The first-order valence-corrected chi connectivity index (χ1v) is 8.31. The normalized spacial score (nSPS) is 25.4. The van der Waals surface area contributed by atoms with Gasteiger partial charge >= 0.3 is 0 Å². The van der Waals surface area contributed by atoms with Crippen molar-refractivity contribution in [3.8, 4) is 5.75 Å². The SMILES string of the molecule is CC(N)c1cc(Cl)ccc1OCC1CCC2(CCCC2)O1. The second-order valence-corrected chi connectivity index (χ2v) is 6.89. The minimum Gasteiger partial charge on any atom is -0.491 e. The van der Waals surface area contributed by atoms with Gasteiger partial charge in [-0.05, 0) is 50.8 Å². The molecule has 1 heterocycles. The summed E-state index contributed by atoms with van der Waals surface area (Å²) in [4.78, 5) is 0. The van der Waals surface area contributed by atoms with Crippen molar-refractivity contribution in [2.75, 3.05) is 6.61 Å². The molecular weight excluding hydrogens is 286 g/mol. The summed E-state index contributed by atoms with van der Waals surface area (Å²) in [5, 5.41) is 0.691. The summed E-state index contributed by atoms with van der Waals surface area (Å²) in [7, 11) is 0. The molecule has 0 radical (unpaired) electrons. The van der Waals surface area contributed by atoms with E-state index in [0.717, 1.165) is 17.7 Å². The lowest BCUT2D eigenvalue weighted by atomic mass is 9.98. The Morgan fingerprint density at radius 1 is 1.38 bits per heavy atom. The molecule has 0 aromatic heterocycles. The van der Waals surface area contributed by atoms with E-state index in [1.54, 1.807) is 0 Å². The van der Waals surface area contributed by atoms with E-state index in [2.05, 4.69) is 0 Å².